The summed E-state index contributed by atoms with van der Waals surface area (Å²) in [5, 5.41) is 15.0. The molecule has 0 aromatic carbocycles. The van der Waals surface area contributed by atoms with Gasteiger partial charge in [-0.1, -0.05) is 0 Å². The fraction of sp³-hybridized carbons (Fsp3) is 0.588. The number of likely N-dealkylation sites (tertiary alicyclic amines) is 1. The van der Waals surface area contributed by atoms with Crippen LogP contribution in [-0.4, -0.2) is 57.0 Å². The Bertz CT molecular complexity index is 671. The summed E-state index contributed by atoms with van der Waals surface area (Å²) in [5.74, 6) is 0.531. The number of halogens is 1. The molecule has 1 unspecified atom stereocenters. The van der Waals surface area contributed by atoms with E-state index in [1.54, 1.807) is 6.20 Å². The van der Waals surface area contributed by atoms with Crippen molar-refractivity contribution >= 4 is 18.3 Å². The molecule has 2 N–H and O–H groups in total. The van der Waals surface area contributed by atoms with E-state index in [0.29, 0.717) is 17.7 Å². The number of carbonyl (C=O) groups is 1. The average molecular weight is 365 g/mol. The highest BCUT2D eigenvalue weighted by Gasteiger charge is 2.27. The zero-order valence-electron chi connectivity index (χ0n) is 14.2. The second kappa shape index (κ2) is 8.01. The third-order valence-corrected chi connectivity index (χ3v) is 5.22. The van der Waals surface area contributed by atoms with Crippen molar-refractivity contribution in [3.05, 3.63) is 35.9 Å². The Morgan fingerprint density at radius 1 is 1.20 bits per heavy atom. The first kappa shape index (κ1) is 17.9. The maximum atomic E-state index is 12.7. The van der Waals surface area contributed by atoms with E-state index in [0.717, 1.165) is 51.9 Å². The first-order valence-electron chi connectivity index (χ1n) is 8.85. The van der Waals surface area contributed by atoms with Gasteiger partial charge in [0.25, 0.3) is 5.91 Å². The topological polar surface area (TPSA) is 78.8 Å². The van der Waals surface area contributed by atoms with Gasteiger partial charge in [-0.2, -0.15) is 10.2 Å². The molecular weight excluding hydrogens is 340 g/mol. The number of nitrogens with one attached hydrogen (secondary N) is 2. The first-order chi connectivity index (χ1) is 11.8. The van der Waals surface area contributed by atoms with Crippen molar-refractivity contribution in [2.75, 3.05) is 26.2 Å². The molecule has 2 fully saturated rings. The molecule has 4 rings (SSSR count). The quantitative estimate of drug-likeness (QED) is 0.872. The van der Waals surface area contributed by atoms with E-state index in [1.165, 1.54) is 5.69 Å². The third-order valence-electron chi connectivity index (χ3n) is 5.22. The third kappa shape index (κ3) is 3.88. The van der Waals surface area contributed by atoms with Crippen LogP contribution in [0.1, 0.15) is 53.8 Å². The van der Waals surface area contributed by atoms with Crippen molar-refractivity contribution in [3.63, 3.8) is 0 Å². The van der Waals surface area contributed by atoms with E-state index in [1.807, 2.05) is 27.9 Å². The molecule has 25 heavy (non-hydrogen) atoms. The molecule has 1 amide bonds. The van der Waals surface area contributed by atoms with Crippen molar-refractivity contribution in [2.45, 2.75) is 37.6 Å². The van der Waals surface area contributed by atoms with Crippen LogP contribution < -0.4 is 5.32 Å². The lowest BCUT2D eigenvalue weighted by atomic mass is 9.93. The van der Waals surface area contributed by atoms with Gasteiger partial charge in [-0.3, -0.25) is 14.6 Å². The van der Waals surface area contributed by atoms with Crippen molar-refractivity contribution in [1.82, 2.24) is 30.2 Å². The number of aromatic nitrogens is 4. The molecule has 1 atom stereocenters. The Kier molecular flexibility index (Phi) is 5.75. The number of nitrogens with zero attached hydrogens (tertiary/aromatic N) is 4. The van der Waals surface area contributed by atoms with Crippen molar-refractivity contribution < 1.29 is 4.79 Å². The molecule has 0 spiro atoms. The number of amides is 1. The molecule has 4 heterocycles. The van der Waals surface area contributed by atoms with Gasteiger partial charge >= 0.3 is 0 Å². The van der Waals surface area contributed by atoms with Gasteiger partial charge in [0.15, 0.2) is 0 Å². The van der Waals surface area contributed by atoms with Crippen LogP contribution in [-0.2, 0) is 0 Å². The molecule has 2 aromatic heterocycles. The predicted octanol–water partition coefficient (Wildman–Crippen LogP) is 1.97. The van der Waals surface area contributed by atoms with Gasteiger partial charge in [0.1, 0.15) is 5.69 Å². The predicted molar refractivity (Wildman–Crippen MR) is 97.1 cm³/mol. The highest BCUT2D eigenvalue weighted by atomic mass is 35.5. The minimum absolute atomic E-state index is 0. The SMILES string of the molecule is Cl.O=C(c1ccn(C2CCCNC2)n1)N1CCC(c2ccn[nH]2)CC1. The number of carbonyl (C=O) groups excluding carboxylic acids is 1. The average Bonchev–Trinajstić information content (AvgIpc) is 3.34. The van der Waals surface area contributed by atoms with E-state index < -0.39 is 0 Å². The molecule has 2 aliphatic rings. The van der Waals surface area contributed by atoms with Crippen molar-refractivity contribution in [3.8, 4) is 0 Å². The van der Waals surface area contributed by atoms with Crippen LogP contribution in [0.3, 0.4) is 0 Å². The summed E-state index contributed by atoms with van der Waals surface area (Å²) in [7, 11) is 0. The van der Waals surface area contributed by atoms with Crippen LogP contribution in [0.2, 0.25) is 0 Å². The Labute approximate surface area is 153 Å². The number of hydrogen-bond donors (Lipinski definition) is 2. The summed E-state index contributed by atoms with van der Waals surface area (Å²) >= 11 is 0. The summed E-state index contributed by atoms with van der Waals surface area (Å²) < 4.78 is 1.96. The summed E-state index contributed by atoms with van der Waals surface area (Å²) in [6, 6.07) is 4.26. The van der Waals surface area contributed by atoms with Gasteiger partial charge in [-0.25, -0.2) is 0 Å². The second-order valence-corrected chi connectivity index (χ2v) is 6.76. The van der Waals surface area contributed by atoms with Gasteiger partial charge in [0, 0.05) is 43.6 Å². The Morgan fingerprint density at radius 2 is 2.04 bits per heavy atom. The zero-order chi connectivity index (χ0) is 16.4. The molecular formula is C17H25ClN6O. The number of piperidine rings is 2. The van der Waals surface area contributed by atoms with Crippen LogP contribution in [0.15, 0.2) is 24.5 Å². The van der Waals surface area contributed by atoms with Crippen LogP contribution in [0, 0.1) is 0 Å². The standard InChI is InChI=1S/C17H24N6O.ClH/c24-17(16-6-11-23(21-16)14-2-1-7-18-12-14)22-9-4-13(5-10-22)15-3-8-19-20-15;/h3,6,8,11,13-14,18H,1-2,4-5,7,9-10,12H2,(H,19,20);1H. The minimum Gasteiger partial charge on any atom is -0.337 e. The highest BCUT2D eigenvalue weighted by molar-refractivity contribution is 5.92. The van der Waals surface area contributed by atoms with Crippen molar-refractivity contribution in [1.29, 1.82) is 0 Å². The van der Waals surface area contributed by atoms with E-state index in [-0.39, 0.29) is 18.3 Å². The summed E-state index contributed by atoms with van der Waals surface area (Å²) in [6.45, 7) is 3.57. The van der Waals surface area contributed by atoms with Gasteiger partial charge in [-0.05, 0) is 44.4 Å². The van der Waals surface area contributed by atoms with Crippen LogP contribution >= 0.6 is 12.4 Å². The molecule has 0 radical (unpaired) electrons. The number of aromatic amines is 1. The molecule has 136 valence electrons. The Morgan fingerprint density at radius 3 is 2.72 bits per heavy atom. The maximum absolute atomic E-state index is 12.7. The van der Waals surface area contributed by atoms with Gasteiger partial charge in [0.05, 0.1) is 6.04 Å². The second-order valence-electron chi connectivity index (χ2n) is 6.76. The lowest BCUT2D eigenvalue weighted by Gasteiger charge is -2.31. The van der Waals surface area contributed by atoms with Crippen LogP contribution in [0.25, 0.3) is 0 Å². The Balaban J connectivity index is 0.00000182. The molecule has 8 heteroatoms. The van der Waals surface area contributed by atoms with E-state index in [4.69, 9.17) is 0 Å². The fourth-order valence-corrected chi connectivity index (χ4v) is 3.76. The van der Waals surface area contributed by atoms with Gasteiger partial charge < -0.3 is 10.2 Å². The maximum Gasteiger partial charge on any atom is 0.274 e. The monoisotopic (exact) mass is 364 g/mol. The molecule has 7 nitrogen and oxygen atoms in total. The molecule has 2 saturated heterocycles. The van der Waals surface area contributed by atoms with Gasteiger partial charge in [0.2, 0.25) is 0 Å². The molecule has 0 saturated carbocycles. The fourth-order valence-electron chi connectivity index (χ4n) is 3.76. The van der Waals surface area contributed by atoms with Crippen LogP contribution in [0.4, 0.5) is 0 Å². The normalized spacial score (nSPS) is 21.8. The summed E-state index contributed by atoms with van der Waals surface area (Å²) in [6.07, 6.45) is 7.97. The molecule has 2 aliphatic heterocycles. The molecule has 2 aromatic rings. The van der Waals surface area contributed by atoms with E-state index in [2.05, 4.69) is 20.6 Å². The number of H-pyrrole nitrogens is 1. The lowest BCUT2D eigenvalue weighted by Crippen LogP contribution is -2.38. The smallest absolute Gasteiger partial charge is 0.274 e. The van der Waals surface area contributed by atoms with Gasteiger partial charge in [-0.15, -0.1) is 12.4 Å². The summed E-state index contributed by atoms with van der Waals surface area (Å²) in [5.41, 5.74) is 1.75. The first-order valence-corrected chi connectivity index (χ1v) is 8.85. The zero-order valence-corrected chi connectivity index (χ0v) is 15.0. The van der Waals surface area contributed by atoms with E-state index in [9.17, 15) is 4.79 Å². The minimum atomic E-state index is 0. The number of rotatable bonds is 3. The highest BCUT2D eigenvalue weighted by Crippen LogP contribution is 2.27. The van der Waals surface area contributed by atoms with Crippen molar-refractivity contribution in [2.24, 2.45) is 0 Å². The van der Waals surface area contributed by atoms with Crippen LogP contribution in [0.5, 0.6) is 0 Å². The lowest BCUT2D eigenvalue weighted by molar-refractivity contribution is 0.0704. The number of hydrogen-bond acceptors (Lipinski definition) is 4. The largest absolute Gasteiger partial charge is 0.337 e. The Hall–Kier alpha value is -1.86. The van der Waals surface area contributed by atoms with E-state index >= 15 is 0 Å². The molecule has 0 aliphatic carbocycles. The molecule has 0 bridgehead atoms. The summed E-state index contributed by atoms with van der Waals surface area (Å²) in [4.78, 5) is 14.6.